The van der Waals surface area contributed by atoms with Crippen LogP contribution in [0, 0.1) is 17.3 Å². The summed E-state index contributed by atoms with van der Waals surface area (Å²) in [4.78, 5) is 0. The van der Waals surface area contributed by atoms with E-state index in [-0.39, 0.29) is 12.5 Å². The SMILES string of the molecule is CC(C)CC1(CNC2CCCC(C(F)(F)F)C2)CCCC1. The Morgan fingerprint density at radius 2 is 1.76 bits per heavy atom. The molecule has 1 N–H and O–H groups in total. The molecule has 0 radical (unpaired) electrons. The molecule has 0 aromatic heterocycles. The van der Waals surface area contributed by atoms with E-state index >= 15 is 0 Å². The van der Waals surface area contributed by atoms with Crippen LogP contribution in [-0.4, -0.2) is 18.8 Å². The van der Waals surface area contributed by atoms with E-state index in [1.807, 2.05) is 0 Å². The summed E-state index contributed by atoms with van der Waals surface area (Å²) in [5.74, 6) is -0.424. The van der Waals surface area contributed by atoms with Crippen LogP contribution in [-0.2, 0) is 0 Å². The van der Waals surface area contributed by atoms with Crippen LogP contribution in [0.3, 0.4) is 0 Å². The molecule has 2 unspecified atom stereocenters. The number of rotatable bonds is 5. The second-order valence-corrected chi connectivity index (χ2v) is 7.79. The van der Waals surface area contributed by atoms with Crippen molar-refractivity contribution in [2.24, 2.45) is 17.3 Å². The lowest BCUT2D eigenvalue weighted by molar-refractivity contribution is -0.183. The van der Waals surface area contributed by atoms with Crippen molar-refractivity contribution < 1.29 is 13.2 Å². The minimum atomic E-state index is -4.01. The summed E-state index contributed by atoms with van der Waals surface area (Å²) in [5.41, 5.74) is 0.347. The van der Waals surface area contributed by atoms with Crippen LogP contribution in [0.4, 0.5) is 13.2 Å². The van der Waals surface area contributed by atoms with Gasteiger partial charge in [-0.2, -0.15) is 13.2 Å². The van der Waals surface area contributed by atoms with Crippen LogP contribution < -0.4 is 5.32 Å². The Kier molecular flexibility index (Phi) is 5.61. The molecular formula is C17H30F3N. The number of halogens is 3. The molecule has 21 heavy (non-hydrogen) atoms. The molecule has 0 bridgehead atoms. The van der Waals surface area contributed by atoms with E-state index in [0.29, 0.717) is 24.2 Å². The van der Waals surface area contributed by atoms with Gasteiger partial charge in [0.15, 0.2) is 0 Å². The van der Waals surface area contributed by atoms with Gasteiger partial charge in [-0.05, 0) is 49.9 Å². The standard InChI is InChI=1S/C17H30F3N/c1-13(2)11-16(8-3-4-9-16)12-21-15-7-5-6-14(10-15)17(18,19)20/h13-15,21H,3-12H2,1-2H3. The van der Waals surface area contributed by atoms with E-state index < -0.39 is 12.1 Å². The summed E-state index contributed by atoms with van der Waals surface area (Å²) in [6, 6.07) is 0.0648. The zero-order chi connectivity index (χ0) is 15.5. The number of alkyl halides is 3. The van der Waals surface area contributed by atoms with Gasteiger partial charge in [0.2, 0.25) is 0 Å². The Morgan fingerprint density at radius 1 is 1.10 bits per heavy atom. The third-order valence-electron chi connectivity index (χ3n) is 5.41. The predicted octanol–water partition coefficient (Wildman–Crippen LogP) is 5.30. The van der Waals surface area contributed by atoms with Crippen LogP contribution in [0.5, 0.6) is 0 Å². The smallest absolute Gasteiger partial charge is 0.313 e. The second-order valence-electron chi connectivity index (χ2n) is 7.79. The molecule has 2 fully saturated rings. The summed E-state index contributed by atoms with van der Waals surface area (Å²) in [7, 11) is 0. The van der Waals surface area contributed by atoms with Gasteiger partial charge in [0.25, 0.3) is 0 Å². The van der Waals surface area contributed by atoms with Gasteiger partial charge in [0.1, 0.15) is 0 Å². The first-order valence-corrected chi connectivity index (χ1v) is 8.61. The van der Waals surface area contributed by atoms with Gasteiger partial charge in [0.05, 0.1) is 5.92 Å². The summed E-state index contributed by atoms with van der Waals surface area (Å²) in [5, 5.41) is 3.51. The Balaban J connectivity index is 1.86. The highest BCUT2D eigenvalue weighted by atomic mass is 19.4. The lowest BCUT2D eigenvalue weighted by atomic mass is 9.77. The number of hydrogen-bond donors (Lipinski definition) is 1. The van der Waals surface area contributed by atoms with Crippen LogP contribution in [0.25, 0.3) is 0 Å². The Hall–Kier alpha value is -0.250. The predicted molar refractivity (Wildman–Crippen MR) is 80.2 cm³/mol. The molecule has 0 aromatic rings. The average Bonchev–Trinajstić information content (AvgIpc) is 2.84. The lowest BCUT2D eigenvalue weighted by Gasteiger charge is -2.36. The first-order valence-electron chi connectivity index (χ1n) is 8.61. The minimum Gasteiger partial charge on any atom is -0.313 e. The molecule has 2 aliphatic carbocycles. The van der Waals surface area contributed by atoms with Gasteiger partial charge in [-0.15, -0.1) is 0 Å². The highest BCUT2D eigenvalue weighted by molar-refractivity contribution is 4.90. The summed E-state index contributed by atoms with van der Waals surface area (Å²) < 4.78 is 38.6. The van der Waals surface area contributed by atoms with Crippen molar-refractivity contribution in [1.29, 1.82) is 0 Å². The highest BCUT2D eigenvalue weighted by Gasteiger charge is 2.42. The molecule has 0 aromatic carbocycles. The molecule has 0 amide bonds. The van der Waals surface area contributed by atoms with Gasteiger partial charge >= 0.3 is 6.18 Å². The van der Waals surface area contributed by atoms with Gasteiger partial charge < -0.3 is 5.32 Å². The fourth-order valence-corrected chi connectivity index (χ4v) is 4.48. The molecule has 4 heteroatoms. The fourth-order valence-electron chi connectivity index (χ4n) is 4.48. The molecule has 124 valence electrons. The molecule has 1 nitrogen and oxygen atoms in total. The third kappa shape index (κ3) is 4.87. The van der Waals surface area contributed by atoms with E-state index in [4.69, 9.17) is 0 Å². The molecular weight excluding hydrogens is 275 g/mol. The van der Waals surface area contributed by atoms with Gasteiger partial charge in [-0.25, -0.2) is 0 Å². The van der Waals surface area contributed by atoms with E-state index in [0.717, 1.165) is 13.0 Å². The van der Waals surface area contributed by atoms with Gasteiger partial charge in [0, 0.05) is 12.6 Å². The minimum absolute atomic E-state index is 0.0648. The average molecular weight is 305 g/mol. The zero-order valence-corrected chi connectivity index (χ0v) is 13.4. The first kappa shape index (κ1) is 17.1. The third-order valence-corrected chi connectivity index (χ3v) is 5.41. The summed E-state index contributed by atoms with van der Waals surface area (Å²) >= 11 is 0. The van der Waals surface area contributed by atoms with Crippen molar-refractivity contribution in [3.05, 3.63) is 0 Å². The van der Waals surface area contributed by atoms with Crippen molar-refractivity contribution in [3.8, 4) is 0 Å². The molecule has 0 saturated heterocycles. The normalized spacial score (nSPS) is 30.0. The van der Waals surface area contributed by atoms with Crippen molar-refractivity contribution in [2.75, 3.05) is 6.54 Å². The van der Waals surface area contributed by atoms with Crippen LogP contribution >= 0.6 is 0 Å². The van der Waals surface area contributed by atoms with Crippen molar-refractivity contribution in [2.45, 2.75) is 83.9 Å². The van der Waals surface area contributed by atoms with E-state index in [1.165, 1.54) is 32.1 Å². The van der Waals surface area contributed by atoms with E-state index in [1.54, 1.807) is 0 Å². The molecule has 0 aliphatic heterocycles. The summed E-state index contributed by atoms with van der Waals surface area (Å²) in [6.45, 7) is 5.42. The van der Waals surface area contributed by atoms with Gasteiger partial charge in [-0.1, -0.05) is 33.1 Å². The Morgan fingerprint density at radius 3 is 2.33 bits per heavy atom. The van der Waals surface area contributed by atoms with E-state index in [9.17, 15) is 13.2 Å². The first-order chi connectivity index (χ1) is 9.81. The quantitative estimate of drug-likeness (QED) is 0.726. The maximum atomic E-state index is 12.9. The zero-order valence-electron chi connectivity index (χ0n) is 13.4. The van der Waals surface area contributed by atoms with Gasteiger partial charge in [-0.3, -0.25) is 0 Å². The maximum absolute atomic E-state index is 12.9. The molecule has 0 spiro atoms. The number of nitrogens with one attached hydrogen (secondary N) is 1. The van der Waals surface area contributed by atoms with E-state index in [2.05, 4.69) is 19.2 Å². The highest BCUT2D eigenvalue weighted by Crippen LogP contribution is 2.43. The molecule has 2 atom stereocenters. The lowest BCUT2D eigenvalue weighted by Crippen LogP contribution is -2.43. The molecule has 2 rings (SSSR count). The summed E-state index contributed by atoms with van der Waals surface area (Å²) in [6.07, 6.45) is 4.46. The van der Waals surface area contributed by atoms with Crippen molar-refractivity contribution >= 4 is 0 Å². The molecule has 2 aliphatic rings. The van der Waals surface area contributed by atoms with Crippen LogP contribution in [0.1, 0.15) is 71.6 Å². The Labute approximate surface area is 127 Å². The number of hydrogen-bond acceptors (Lipinski definition) is 1. The maximum Gasteiger partial charge on any atom is 0.391 e. The van der Waals surface area contributed by atoms with Crippen molar-refractivity contribution in [3.63, 3.8) is 0 Å². The monoisotopic (exact) mass is 305 g/mol. The second kappa shape index (κ2) is 6.89. The Bertz CT molecular complexity index is 318. The largest absolute Gasteiger partial charge is 0.391 e. The topological polar surface area (TPSA) is 12.0 Å². The molecule has 2 saturated carbocycles. The molecule has 0 heterocycles. The van der Waals surface area contributed by atoms with Crippen LogP contribution in [0.2, 0.25) is 0 Å². The van der Waals surface area contributed by atoms with Crippen molar-refractivity contribution in [1.82, 2.24) is 5.32 Å². The van der Waals surface area contributed by atoms with Crippen LogP contribution in [0.15, 0.2) is 0 Å². The fraction of sp³-hybridized carbons (Fsp3) is 1.00.